The van der Waals surface area contributed by atoms with Crippen molar-refractivity contribution in [2.24, 2.45) is 0 Å². The Labute approximate surface area is 139 Å². The predicted octanol–water partition coefficient (Wildman–Crippen LogP) is 3.44. The topological polar surface area (TPSA) is 95.6 Å². The Morgan fingerprint density at radius 3 is 2.50 bits per heavy atom. The van der Waals surface area contributed by atoms with E-state index in [1.54, 1.807) is 18.2 Å². The number of hydrogen-bond acceptors (Lipinski definition) is 4. The molecule has 2 amide bonds. The van der Waals surface area contributed by atoms with Gasteiger partial charge in [0.05, 0.1) is 5.69 Å². The van der Waals surface area contributed by atoms with Gasteiger partial charge in [0.15, 0.2) is 0 Å². The summed E-state index contributed by atoms with van der Waals surface area (Å²) in [5.41, 5.74) is 0.743. The highest BCUT2D eigenvalue weighted by Gasteiger charge is 2.13. The lowest BCUT2D eigenvalue weighted by molar-refractivity contribution is 0.262. The number of H-pyrrole nitrogens is 1. The van der Waals surface area contributed by atoms with Crippen LogP contribution in [0.5, 0.6) is 0 Å². The highest BCUT2D eigenvalue weighted by Crippen LogP contribution is 2.28. The van der Waals surface area contributed by atoms with Crippen LogP contribution in [0.4, 0.5) is 25.0 Å². The molecule has 122 valence electrons. The van der Waals surface area contributed by atoms with Crippen LogP contribution in [0.2, 0.25) is 5.02 Å². The number of aromatic amines is 1. The molecule has 0 radical (unpaired) electrons. The molecule has 7 nitrogen and oxygen atoms in total. The minimum absolute atomic E-state index is 0.0277. The van der Waals surface area contributed by atoms with E-state index in [1.165, 1.54) is 0 Å². The molecule has 0 atom stereocenters. The number of amides is 2. The molecule has 24 heavy (non-hydrogen) atoms. The Balaban J connectivity index is 1.82. The Hall–Kier alpha value is -3.07. The van der Waals surface area contributed by atoms with E-state index in [1.807, 2.05) is 0 Å². The van der Waals surface area contributed by atoms with Gasteiger partial charge in [-0.15, -0.1) is 10.2 Å². The summed E-state index contributed by atoms with van der Waals surface area (Å²) in [6.07, 6.45) is 0. The maximum Gasteiger partial charge on any atom is 0.323 e. The summed E-state index contributed by atoms with van der Waals surface area (Å²) in [6.45, 7) is 0. The average Bonchev–Trinajstić information content (AvgIpc) is 3.02. The molecule has 0 bridgehead atoms. The molecular formula is C14H9ClF2N6O. The van der Waals surface area contributed by atoms with Crippen LogP contribution in [0.3, 0.4) is 0 Å². The number of urea groups is 1. The number of tetrazole rings is 1. The highest BCUT2D eigenvalue weighted by atomic mass is 35.5. The van der Waals surface area contributed by atoms with Crippen LogP contribution in [0.25, 0.3) is 11.4 Å². The van der Waals surface area contributed by atoms with E-state index in [0.29, 0.717) is 22.3 Å². The lowest BCUT2D eigenvalue weighted by Crippen LogP contribution is -2.20. The summed E-state index contributed by atoms with van der Waals surface area (Å²) in [6, 6.07) is 6.63. The molecule has 0 fully saturated rings. The second-order valence-electron chi connectivity index (χ2n) is 4.66. The Kier molecular flexibility index (Phi) is 4.34. The number of nitrogens with zero attached hydrogens (tertiary/aromatic N) is 3. The summed E-state index contributed by atoms with van der Waals surface area (Å²) < 4.78 is 26.3. The first-order valence-corrected chi connectivity index (χ1v) is 6.96. The van der Waals surface area contributed by atoms with Gasteiger partial charge in [0, 0.05) is 22.3 Å². The number of benzene rings is 2. The van der Waals surface area contributed by atoms with Gasteiger partial charge in [0.25, 0.3) is 0 Å². The summed E-state index contributed by atoms with van der Waals surface area (Å²) in [7, 11) is 0. The number of carbonyl (C=O) groups is 1. The molecular weight excluding hydrogens is 342 g/mol. The number of aromatic nitrogens is 4. The fraction of sp³-hybridized carbons (Fsp3) is 0. The SMILES string of the molecule is O=C(Nc1cc(F)cc(F)c1)Nc1ccc(Cl)cc1-c1nn[nH]n1. The van der Waals surface area contributed by atoms with Crippen LogP contribution in [0.15, 0.2) is 36.4 Å². The standard InChI is InChI=1S/C14H9ClF2N6O/c15-7-1-2-12(11(3-7)13-20-22-23-21-13)19-14(24)18-10-5-8(16)4-9(17)6-10/h1-6H,(H2,18,19,24)(H,20,21,22,23). The second kappa shape index (κ2) is 6.59. The van der Waals surface area contributed by atoms with E-state index in [4.69, 9.17) is 11.6 Å². The fourth-order valence-electron chi connectivity index (χ4n) is 2.00. The summed E-state index contributed by atoms with van der Waals surface area (Å²) in [4.78, 5) is 12.0. The zero-order valence-electron chi connectivity index (χ0n) is 11.8. The van der Waals surface area contributed by atoms with Crippen molar-refractivity contribution in [1.82, 2.24) is 20.6 Å². The number of anilines is 2. The molecule has 0 aliphatic rings. The third-order valence-corrected chi connectivity index (χ3v) is 3.17. The van der Waals surface area contributed by atoms with Gasteiger partial charge >= 0.3 is 6.03 Å². The van der Waals surface area contributed by atoms with E-state index in [9.17, 15) is 13.6 Å². The number of halogens is 3. The smallest absolute Gasteiger partial charge is 0.308 e. The average molecular weight is 351 g/mol. The van der Waals surface area contributed by atoms with Crippen LogP contribution >= 0.6 is 11.6 Å². The highest BCUT2D eigenvalue weighted by molar-refractivity contribution is 6.31. The van der Waals surface area contributed by atoms with Crippen molar-refractivity contribution in [2.75, 3.05) is 10.6 Å². The molecule has 0 unspecified atom stereocenters. The van der Waals surface area contributed by atoms with Gasteiger partial charge in [-0.1, -0.05) is 11.6 Å². The zero-order chi connectivity index (χ0) is 17.1. The first kappa shape index (κ1) is 15.8. The maximum atomic E-state index is 13.1. The van der Waals surface area contributed by atoms with Crippen molar-refractivity contribution < 1.29 is 13.6 Å². The van der Waals surface area contributed by atoms with Crippen LogP contribution < -0.4 is 10.6 Å². The molecule has 2 aromatic carbocycles. The molecule has 0 spiro atoms. The summed E-state index contributed by atoms with van der Waals surface area (Å²) in [5, 5.41) is 18.7. The van der Waals surface area contributed by atoms with Crippen molar-refractivity contribution in [2.45, 2.75) is 0 Å². The number of nitrogens with one attached hydrogen (secondary N) is 3. The molecule has 0 saturated carbocycles. The van der Waals surface area contributed by atoms with Gasteiger partial charge in [-0.2, -0.15) is 5.21 Å². The lowest BCUT2D eigenvalue weighted by atomic mass is 10.1. The van der Waals surface area contributed by atoms with Crippen LogP contribution in [-0.2, 0) is 0 Å². The summed E-state index contributed by atoms with van der Waals surface area (Å²) in [5.74, 6) is -1.38. The molecule has 3 rings (SSSR count). The third kappa shape index (κ3) is 3.63. The van der Waals surface area contributed by atoms with Crippen LogP contribution in [0, 0.1) is 11.6 Å². The molecule has 0 aliphatic heterocycles. The molecule has 0 aliphatic carbocycles. The van der Waals surface area contributed by atoms with E-state index in [0.717, 1.165) is 12.1 Å². The van der Waals surface area contributed by atoms with Gasteiger partial charge in [-0.3, -0.25) is 0 Å². The van der Waals surface area contributed by atoms with Gasteiger partial charge in [-0.05, 0) is 35.5 Å². The van der Waals surface area contributed by atoms with Gasteiger partial charge in [-0.25, -0.2) is 13.6 Å². The van der Waals surface area contributed by atoms with Crippen molar-refractivity contribution in [3.8, 4) is 11.4 Å². The Bertz CT molecular complexity index is 867. The molecule has 0 saturated heterocycles. The Morgan fingerprint density at radius 2 is 1.83 bits per heavy atom. The molecule has 3 N–H and O–H groups in total. The predicted molar refractivity (Wildman–Crippen MR) is 83.6 cm³/mol. The minimum Gasteiger partial charge on any atom is -0.308 e. The quantitative estimate of drug-likeness (QED) is 0.674. The molecule has 3 aromatic rings. The molecule has 1 aromatic heterocycles. The largest absolute Gasteiger partial charge is 0.323 e. The van der Waals surface area contributed by atoms with Crippen LogP contribution in [-0.4, -0.2) is 26.7 Å². The van der Waals surface area contributed by atoms with Crippen molar-refractivity contribution >= 4 is 29.0 Å². The van der Waals surface area contributed by atoms with E-state index < -0.39 is 17.7 Å². The first-order chi connectivity index (χ1) is 11.5. The van der Waals surface area contributed by atoms with Gasteiger partial charge < -0.3 is 10.6 Å². The van der Waals surface area contributed by atoms with Gasteiger partial charge in [0.1, 0.15) is 11.6 Å². The maximum absolute atomic E-state index is 13.1. The zero-order valence-corrected chi connectivity index (χ0v) is 12.6. The lowest BCUT2D eigenvalue weighted by Gasteiger charge is -2.11. The van der Waals surface area contributed by atoms with Crippen molar-refractivity contribution in [1.29, 1.82) is 0 Å². The van der Waals surface area contributed by atoms with E-state index in [-0.39, 0.29) is 11.5 Å². The van der Waals surface area contributed by atoms with Gasteiger partial charge in [0.2, 0.25) is 5.82 Å². The number of rotatable bonds is 3. The third-order valence-electron chi connectivity index (χ3n) is 2.94. The van der Waals surface area contributed by atoms with Crippen LogP contribution in [0.1, 0.15) is 0 Å². The van der Waals surface area contributed by atoms with E-state index in [2.05, 4.69) is 31.3 Å². The van der Waals surface area contributed by atoms with E-state index >= 15 is 0 Å². The number of hydrogen-bond donors (Lipinski definition) is 3. The first-order valence-electron chi connectivity index (χ1n) is 6.59. The Morgan fingerprint density at radius 1 is 1.08 bits per heavy atom. The monoisotopic (exact) mass is 350 g/mol. The normalized spacial score (nSPS) is 10.5. The summed E-state index contributed by atoms with van der Waals surface area (Å²) >= 11 is 5.94. The minimum atomic E-state index is -0.802. The molecule has 10 heteroatoms. The van der Waals surface area contributed by atoms with Crippen molar-refractivity contribution in [3.63, 3.8) is 0 Å². The van der Waals surface area contributed by atoms with Crippen molar-refractivity contribution in [3.05, 3.63) is 53.1 Å². The number of carbonyl (C=O) groups excluding carboxylic acids is 1. The second-order valence-corrected chi connectivity index (χ2v) is 5.10. The fourth-order valence-corrected chi connectivity index (χ4v) is 2.17. The molecule has 1 heterocycles.